The van der Waals surface area contributed by atoms with Gasteiger partial charge in [-0.3, -0.25) is 4.84 Å². The van der Waals surface area contributed by atoms with Crippen molar-refractivity contribution in [1.82, 2.24) is 4.47 Å². The van der Waals surface area contributed by atoms with Crippen molar-refractivity contribution in [3.63, 3.8) is 0 Å². The maximum atomic E-state index is 12.0. The van der Waals surface area contributed by atoms with Crippen LogP contribution in [-0.2, 0) is 14.9 Å². The summed E-state index contributed by atoms with van der Waals surface area (Å²) in [5, 5.41) is 0. The molecule has 2 rings (SSSR count). The van der Waals surface area contributed by atoms with E-state index in [2.05, 4.69) is 0 Å². The van der Waals surface area contributed by atoms with E-state index in [-0.39, 0.29) is 11.8 Å². The van der Waals surface area contributed by atoms with Gasteiger partial charge >= 0.3 is 0 Å². The van der Waals surface area contributed by atoms with Crippen LogP contribution in [0.15, 0.2) is 30.3 Å². The quantitative estimate of drug-likeness (QED) is 0.827. The van der Waals surface area contributed by atoms with E-state index in [0.717, 1.165) is 5.56 Å². The maximum absolute atomic E-state index is 12.0. The predicted molar refractivity (Wildman–Crippen MR) is 65.7 cm³/mol. The van der Waals surface area contributed by atoms with Crippen LogP contribution in [0.1, 0.15) is 31.4 Å². The van der Waals surface area contributed by atoms with E-state index in [1.54, 1.807) is 0 Å². The number of hydroxylamine groups is 1. The summed E-state index contributed by atoms with van der Waals surface area (Å²) in [5.41, 5.74) is 0.990. The Hall–Kier alpha value is -0.910. The van der Waals surface area contributed by atoms with Crippen molar-refractivity contribution in [1.29, 1.82) is 0 Å². The highest BCUT2D eigenvalue weighted by Crippen LogP contribution is 2.32. The lowest BCUT2D eigenvalue weighted by Crippen LogP contribution is -2.31. The lowest BCUT2D eigenvalue weighted by atomic mass is 10.1. The van der Waals surface area contributed by atoms with Gasteiger partial charge < -0.3 is 0 Å². The van der Waals surface area contributed by atoms with Gasteiger partial charge in [0.25, 0.3) is 0 Å². The minimum atomic E-state index is -3.30. The summed E-state index contributed by atoms with van der Waals surface area (Å²) < 4.78 is 25.2. The lowest BCUT2D eigenvalue weighted by Gasteiger charge is -2.21. The molecule has 0 N–H and O–H groups in total. The van der Waals surface area contributed by atoms with Crippen molar-refractivity contribution in [2.24, 2.45) is 0 Å². The van der Waals surface area contributed by atoms with Crippen molar-refractivity contribution in [2.45, 2.75) is 25.8 Å². The molecule has 0 spiro atoms. The molecule has 0 aliphatic carbocycles. The first-order valence-electron chi connectivity index (χ1n) is 5.85. The van der Waals surface area contributed by atoms with Crippen molar-refractivity contribution >= 4 is 10.0 Å². The highest BCUT2D eigenvalue weighted by molar-refractivity contribution is 7.88. The lowest BCUT2D eigenvalue weighted by molar-refractivity contribution is -0.0499. The Morgan fingerprint density at radius 2 is 2.06 bits per heavy atom. The highest BCUT2D eigenvalue weighted by atomic mass is 32.2. The van der Waals surface area contributed by atoms with Crippen LogP contribution in [0.2, 0.25) is 0 Å². The standard InChI is InChI=1S/C12H17NO3S/c1-2-10-17(14,15)13-12(8-9-16-13)11-6-4-3-5-7-11/h3-7,12H,2,8-10H2,1H3/t12-/m0/s1. The van der Waals surface area contributed by atoms with Crippen molar-refractivity contribution < 1.29 is 13.3 Å². The van der Waals surface area contributed by atoms with Gasteiger partial charge in [-0.1, -0.05) is 41.7 Å². The first-order valence-corrected chi connectivity index (χ1v) is 7.46. The number of nitrogens with zero attached hydrogens (tertiary/aromatic N) is 1. The molecule has 0 saturated carbocycles. The van der Waals surface area contributed by atoms with Gasteiger partial charge in [-0.05, 0) is 18.4 Å². The predicted octanol–water partition coefficient (Wildman–Crippen LogP) is 2.10. The van der Waals surface area contributed by atoms with Crippen molar-refractivity contribution in [3.8, 4) is 0 Å². The Morgan fingerprint density at radius 3 is 2.71 bits per heavy atom. The van der Waals surface area contributed by atoms with Crippen LogP contribution in [0.25, 0.3) is 0 Å². The summed E-state index contributed by atoms with van der Waals surface area (Å²) in [6, 6.07) is 9.45. The molecular weight excluding hydrogens is 238 g/mol. The molecule has 94 valence electrons. The third-order valence-corrected chi connectivity index (χ3v) is 4.62. The van der Waals surface area contributed by atoms with Gasteiger partial charge in [0, 0.05) is 0 Å². The summed E-state index contributed by atoms with van der Waals surface area (Å²) in [5.74, 6) is 0.135. The number of sulfonamides is 1. The Labute approximate surface area is 102 Å². The van der Waals surface area contributed by atoms with Gasteiger partial charge in [0.15, 0.2) is 0 Å². The van der Waals surface area contributed by atoms with E-state index in [0.29, 0.717) is 19.4 Å². The molecule has 1 saturated heterocycles. The largest absolute Gasteiger partial charge is 0.284 e. The second-order valence-corrected chi connectivity index (χ2v) is 6.05. The zero-order valence-electron chi connectivity index (χ0n) is 9.87. The van der Waals surface area contributed by atoms with Gasteiger partial charge in [0.05, 0.1) is 18.4 Å². The van der Waals surface area contributed by atoms with Gasteiger partial charge in [0.2, 0.25) is 10.0 Å². The van der Waals surface area contributed by atoms with Crippen LogP contribution >= 0.6 is 0 Å². The fourth-order valence-electron chi connectivity index (χ4n) is 2.04. The van der Waals surface area contributed by atoms with Gasteiger partial charge in [0.1, 0.15) is 0 Å². The zero-order chi connectivity index (χ0) is 12.3. The SMILES string of the molecule is CCCS(=O)(=O)N1OCC[C@H]1c1ccccc1. The summed E-state index contributed by atoms with van der Waals surface area (Å²) >= 11 is 0. The summed E-state index contributed by atoms with van der Waals surface area (Å²) in [7, 11) is -3.30. The maximum Gasteiger partial charge on any atom is 0.236 e. The molecule has 1 heterocycles. The highest BCUT2D eigenvalue weighted by Gasteiger charge is 2.36. The molecule has 17 heavy (non-hydrogen) atoms. The third-order valence-electron chi connectivity index (χ3n) is 2.78. The Kier molecular flexibility index (Phi) is 3.81. The summed E-state index contributed by atoms with van der Waals surface area (Å²) in [6.07, 6.45) is 1.32. The average molecular weight is 255 g/mol. The minimum Gasteiger partial charge on any atom is -0.284 e. The van der Waals surface area contributed by atoms with E-state index >= 15 is 0 Å². The molecule has 1 aliphatic heterocycles. The summed E-state index contributed by atoms with van der Waals surface area (Å²) in [6.45, 7) is 2.31. The molecule has 0 unspecified atom stereocenters. The third kappa shape index (κ3) is 2.68. The van der Waals surface area contributed by atoms with E-state index in [9.17, 15) is 8.42 Å². The number of hydrogen-bond acceptors (Lipinski definition) is 3. The number of hydrogen-bond donors (Lipinski definition) is 0. The van der Waals surface area contributed by atoms with E-state index in [1.807, 2.05) is 37.3 Å². The molecule has 1 fully saturated rings. The van der Waals surface area contributed by atoms with E-state index in [1.165, 1.54) is 4.47 Å². The molecular formula is C12H17NO3S. The molecule has 5 heteroatoms. The van der Waals surface area contributed by atoms with Crippen LogP contribution < -0.4 is 0 Å². The second-order valence-electron chi connectivity index (χ2n) is 4.12. The molecule has 0 bridgehead atoms. The number of benzene rings is 1. The Morgan fingerprint density at radius 1 is 1.35 bits per heavy atom. The first-order chi connectivity index (χ1) is 8.15. The molecule has 1 atom stereocenters. The normalized spacial score (nSPS) is 21.8. The van der Waals surface area contributed by atoms with Crippen LogP contribution in [-0.4, -0.2) is 25.2 Å². The monoisotopic (exact) mass is 255 g/mol. The van der Waals surface area contributed by atoms with E-state index in [4.69, 9.17) is 4.84 Å². The topological polar surface area (TPSA) is 46.6 Å². The van der Waals surface area contributed by atoms with E-state index < -0.39 is 10.0 Å². The van der Waals surface area contributed by atoms with Gasteiger partial charge in [-0.25, -0.2) is 8.42 Å². The molecule has 1 aliphatic rings. The second kappa shape index (κ2) is 5.16. The fourth-order valence-corrected chi connectivity index (χ4v) is 3.58. The van der Waals surface area contributed by atoms with Crippen LogP contribution in [0, 0.1) is 0 Å². The molecule has 0 amide bonds. The molecule has 0 radical (unpaired) electrons. The van der Waals surface area contributed by atoms with Crippen LogP contribution in [0.3, 0.4) is 0 Å². The Balaban J connectivity index is 2.24. The van der Waals surface area contributed by atoms with Crippen molar-refractivity contribution in [2.75, 3.05) is 12.4 Å². The molecule has 0 aromatic heterocycles. The zero-order valence-corrected chi connectivity index (χ0v) is 10.7. The molecule has 1 aromatic carbocycles. The smallest absolute Gasteiger partial charge is 0.236 e. The first kappa shape index (κ1) is 12.5. The van der Waals surface area contributed by atoms with Gasteiger partial charge in [-0.15, -0.1) is 0 Å². The van der Waals surface area contributed by atoms with Gasteiger partial charge in [-0.2, -0.15) is 0 Å². The Bertz CT molecular complexity index is 458. The fraction of sp³-hybridized carbons (Fsp3) is 0.500. The molecule has 1 aromatic rings. The number of rotatable bonds is 4. The average Bonchev–Trinajstić information content (AvgIpc) is 2.79. The van der Waals surface area contributed by atoms with Crippen LogP contribution in [0.4, 0.5) is 0 Å². The summed E-state index contributed by atoms with van der Waals surface area (Å²) in [4.78, 5) is 5.28. The van der Waals surface area contributed by atoms with Crippen LogP contribution in [0.5, 0.6) is 0 Å². The minimum absolute atomic E-state index is 0.135. The molecule has 4 nitrogen and oxygen atoms in total. The van der Waals surface area contributed by atoms with Crippen molar-refractivity contribution in [3.05, 3.63) is 35.9 Å².